The maximum absolute atomic E-state index is 10.6. The Labute approximate surface area is 137 Å². The minimum atomic E-state index is -0.0215. The highest BCUT2D eigenvalue weighted by Gasteiger charge is 2.61. The van der Waals surface area contributed by atoms with Gasteiger partial charge in [-0.15, -0.1) is 0 Å². The number of fused-ring (bicyclic) bond motifs is 5. The van der Waals surface area contributed by atoms with Crippen molar-refractivity contribution in [2.45, 2.75) is 91.6 Å². The second-order valence-corrected chi connectivity index (χ2v) is 10.5. The van der Waals surface area contributed by atoms with Crippen molar-refractivity contribution in [3.05, 3.63) is 0 Å². The van der Waals surface area contributed by atoms with Gasteiger partial charge in [0.2, 0.25) is 0 Å². The first-order valence-corrected chi connectivity index (χ1v) is 9.97. The van der Waals surface area contributed by atoms with Gasteiger partial charge >= 0.3 is 0 Å². The molecule has 7 atom stereocenters. The Hall–Kier alpha value is -0.0400. The van der Waals surface area contributed by atoms with Crippen LogP contribution in [0.4, 0.5) is 0 Å². The summed E-state index contributed by atoms with van der Waals surface area (Å²) in [5.41, 5.74) is 1.38. The zero-order chi connectivity index (χ0) is 15.8. The highest BCUT2D eigenvalue weighted by atomic mass is 16.3. The Kier molecular flexibility index (Phi) is 3.34. The van der Waals surface area contributed by atoms with Gasteiger partial charge in [0.25, 0.3) is 0 Å². The van der Waals surface area contributed by atoms with Crippen LogP contribution in [0.1, 0.15) is 85.5 Å². The number of aliphatic hydroxyl groups excluding tert-OH is 1. The second-order valence-electron chi connectivity index (χ2n) is 10.5. The van der Waals surface area contributed by atoms with Gasteiger partial charge in [-0.1, -0.05) is 34.1 Å². The molecule has 7 unspecified atom stereocenters. The van der Waals surface area contributed by atoms with Crippen LogP contribution in [0.2, 0.25) is 0 Å². The molecule has 0 bridgehead atoms. The SMILES string of the molecule is CC1(C)CCCC2(C)C3CCC4(C)C(O)CCC4C3CCC12. The summed E-state index contributed by atoms with van der Waals surface area (Å²) in [6.45, 7) is 10.2. The Morgan fingerprint density at radius 2 is 1.45 bits per heavy atom. The third-order valence-corrected chi connectivity index (χ3v) is 9.30. The van der Waals surface area contributed by atoms with Crippen LogP contribution in [0.15, 0.2) is 0 Å². The van der Waals surface area contributed by atoms with Crippen LogP contribution in [0.25, 0.3) is 0 Å². The van der Waals surface area contributed by atoms with Crippen LogP contribution < -0.4 is 0 Å². The molecule has 1 nitrogen and oxygen atoms in total. The largest absolute Gasteiger partial charge is 0.393 e. The van der Waals surface area contributed by atoms with Crippen molar-refractivity contribution in [2.75, 3.05) is 0 Å². The molecule has 4 aliphatic rings. The van der Waals surface area contributed by atoms with Crippen LogP contribution in [-0.4, -0.2) is 11.2 Å². The molecule has 4 aliphatic carbocycles. The van der Waals surface area contributed by atoms with E-state index >= 15 is 0 Å². The van der Waals surface area contributed by atoms with Gasteiger partial charge in [0.05, 0.1) is 6.10 Å². The van der Waals surface area contributed by atoms with Gasteiger partial charge in [-0.2, -0.15) is 0 Å². The van der Waals surface area contributed by atoms with Crippen LogP contribution in [-0.2, 0) is 0 Å². The molecule has 0 heterocycles. The molecule has 0 aromatic carbocycles. The van der Waals surface area contributed by atoms with E-state index in [-0.39, 0.29) is 11.5 Å². The number of aliphatic hydroxyl groups is 1. The van der Waals surface area contributed by atoms with Gasteiger partial charge in [-0.3, -0.25) is 0 Å². The molecule has 0 saturated heterocycles. The van der Waals surface area contributed by atoms with E-state index in [0.29, 0.717) is 10.8 Å². The van der Waals surface area contributed by atoms with Crippen LogP contribution in [0.3, 0.4) is 0 Å². The molecule has 4 saturated carbocycles. The minimum absolute atomic E-state index is 0.0215. The van der Waals surface area contributed by atoms with Crippen molar-refractivity contribution < 1.29 is 5.11 Å². The fourth-order valence-electron chi connectivity index (χ4n) is 8.17. The van der Waals surface area contributed by atoms with Crippen molar-refractivity contribution in [3.63, 3.8) is 0 Å². The summed E-state index contributed by atoms with van der Waals surface area (Å²) in [4.78, 5) is 0. The fourth-order valence-corrected chi connectivity index (χ4v) is 8.17. The van der Waals surface area contributed by atoms with Gasteiger partial charge in [-0.05, 0) is 91.3 Å². The lowest BCUT2D eigenvalue weighted by atomic mass is 9.42. The summed E-state index contributed by atoms with van der Waals surface area (Å²) < 4.78 is 0. The Morgan fingerprint density at radius 3 is 2.23 bits per heavy atom. The van der Waals surface area contributed by atoms with E-state index in [9.17, 15) is 5.11 Å². The molecule has 22 heavy (non-hydrogen) atoms. The van der Waals surface area contributed by atoms with Crippen molar-refractivity contribution in [2.24, 2.45) is 39.9 Å². The molecule has 1 N–H and O–H groups in total. The van der Waals surface area contributed by atoms with E-state index in [1.807, 2.05) is 0 Å². The van der Waals surface area contributed by atoms with Crippen molar-refractivity contribution in [1.82, 2.24) is 0 Å². The molecule has 0 radical (unpaired) electrons. The highest BCUT2D eigenvalue weighted by molar-refractivity contribution is 5.10. The van der Waals surface area contributed by atoms with Crippen molar-refractivity contribution in [1.29, 1.82) is 0 Å². The first-order valence-electron chi connectivity index (χ1n) is 9.97. The van der Waals surface area contributed by atoms with Gasteiger partial charge in [0, 0.05) is 0 Å². The molecule has 0 amide bonds. The Balaban J connectivity index is 1.67. The molecular formula is C21H36O. The standard InChI is InChI=1S/C21H36O/c1-19(2)11-5-12-20(3)16-10-13-21(4)15(7-9-18(21)22)14(16)6-8-17(19)20/h14-18,22H,5-13H2,1-4H3. The monoisotopic (exact) mass is 304 g/mol. The van der Waals surface area contributed by atoms with Gasteiger partial charge in [-0.25, -0.2) is 0 Å². The molecule has 4 fully saturated rings. The summed E-state index contributed by atoms with van der Waals surface area (Å²) in [5, 5.41) is 10.6. The summed E-state index contributed by atoms with van der Waals surface area (Å²) in [6.07, 6.45) is 12.2. The van der Waals surface area contributed by atoms with E-state index < -0.39 is 0 Å². The third-order valence-electron chi connectivity index (χ3n) is 9.30. The second kappa shape index (κ2) is 4.74. The fraction of sp³-hybridized carbons (Fsp3) is 1.00. The molecule has 0 spiro atoms. The van der Waals surface area contributed by atoms with Crippen molar-refractivity contribution in [3.8, 4) is 0 Å². The number of hydrogen-bond donors (Lipinski definition) is 1. The average molecular weight is 305 g/mol. The topological polar surface area (TPSA) is 20.2 Å². The normalized spacial score (nSPS) is 56.9. The first kappa shape index (κ1) is 15.5. The number of hydrogen-bond acceptors (Lipinski definition) is 1. The zero-order valence-electron chi connectivity index (χ0n) is 15.2. The van der Waals surface area contributed by atoms with Gasteiger partial charge in [0.1, 0.15) is 0 Å². The quantitative estimate of drug-likeness (QED) is 0.634. The van der Waals surface area contributed by atoms with E-state index in [2.05, 4.69) is 27.7 Å². The molecule has 4 rings (SSSR count). The van der Waals surface area contributed by atoms with Crippen LogP contribution in [0, 0.1) is 39.9 Å². The molecule has 0 aromatic heterocycles. The van der Waals surface area contributed by atoms with E-state index in [4.69, 9.17) is 0 Å². The van der Waals surface area contributed by atoms with E-state index in [1.165, 1.54) is 51.4 Å². The zero-order valence-corrected chi connectivity index (χ0v) is 15.2. The number of rotatable bonds is 0. The predicted molar refractivity (Wildman–Crippen MR) is 91.5 cm³/mol. The smallest absolute Gasteiger partial charge is 0.0596 e. The lowest BCUT2D eigenvalue weighted by Gasteiger charge is -2.63. The van der Waals surface area contributed by atoms with Crippen LogP contribution in [0.5, 0.6) is 0 Å². The summed E-state index contributed by atoms with van der Waals surface area (Å²) >= 11 is 0. The molecule has 0 aliphatic heterocycles. The molecule has 1 heteroatoms. The van der Waals surface area contributed by atoms with Gasteiger partial charge < -0.3 is 5.11 Å². The minimum Gasteiger partial charge on any atom is -0.393 e. The summed E-state index contributed by atoms with van der Waals surface area (Å²) in [7, 11) is 0. The summed E-state index contributed by atoms with van der Waals surface area (Å²) in [6, 6.07) is 0. The third kappa shape index (κ3) is 1.87. The van der Waals surface area contributed by atoms with Crippen molar-refractivity contribution >= 4 is 0 Å². The van der Waals surface area contributed by atoms with Gasteiger partial charge in [0.15, 0.2) is 0 Å². The Morgan fingerprint density at radius 1 is 0.727 bits per heavy atom. The van der Waals surface area contributed by atoms with E-state index in [1.54, 1.807) is 0 Å². The lowest BCUT2D eigenvalue weighted by molar-refractivity contribution is -0.150. The van der Waals surface area contributed by atoms with E-state index in [0.717, 1.165) is 30.1 Å². The molecule has 0 aromatic rings. The molecular weight excluding hydrogens is 268 g/mol. The summed E-state index contributed by atoms with van der Waals surface area (Å²) in [5.74, 6) is 3.59. The average Bonchev–Trinajstić information content (AvgIpc) is 2.74. The maximum atomic E-state index is 10.6. The van der Waals surface area contributed by atoms with Crippen LogP contribution >= 0.6 is 0 Å². The Bertz CT molecular complexity index is 455. The predicted octanol–water partition coefficient (Wildman–Crippen LogP) is 5.42. The maximum Gasteiger partial charge on any atom is 0.0596 e. The lowest BCUT2D eigenvalue weighted by Crippen LogP contribution is -2.56. The highest BCUT2D eigenvalue weighted by Crippen LogP contribution is 2.68. The first-order chi connectivity index (χ1) is 10.3. The molecule has 126 valence electrons.